The Bertz CT molecular complexity index is 457. The van der Waals surface area contributed by atoms with Crippen LogP contribution in [0.25, 0.3) is 5.57 Å². The second-order valence-electron chi connectivity index (χ2n) is 6.12. The Morgan fingerprint density at radius 1 is 1.00 bits per heavy atom. The van der Waals surface area contributed by atoms with Crippen LogP contribution in [0, 0.1) is 17.7 Å². The molecule has 20 heavy (non-hydrogen) atoms. The molecule has 0 saturated carbocycles. The molecule has 1 aromatic carbocycles. The molecule has 110 valence electrons. The van der Waals surface area contributed by atoms with Gasteiger partial charge in [0.05, 0.1) is 0 Å². The third-order valence-corrected chi connectivity index (χ3v) is 7.47. The van der Waals surface area contributed by atoms with E-state index in [4.69, 9.17) is 0 Å². The van der Waals surface area contributed by atoms with Crippen molar-refractivity contribution in [2.75, 3.05) is 8.86 Å². The van der Waals surface area contributed by atoms with Crippen LogP contribution in [0.15, 0.2) is 30.3 Å². The topological polar surface area (TPSA) is 0 Å². The summed E-state index contributed by atoms with van der Waals surface area (Å²) in [5, 5.41) is 0. The maximum atomic E-state index is 13.0. The molecule has 0 N–H and O–H groups in total. The Kier molecular flexibility index (Phi) is 5.14. The van der Waals surface area contributed by atoms with Crippen molar-refractivity contribution in [1.29, 1.82) is 0 Å². The molecule has 2 aliphatic rings. The van der Waals surface area contributed by atoms with Gasteiger partial charge in [0.2, 0.25) is 0 Å². The van der Waals surface area contributed by atoms with Gasteiger partial charge < -0.3 is 0 Å². The van der Waals surface area contributed by atoms with Gasteiger partial charge in [-0.1, -0.05) is 0 Å². The van der Waals surface area contributed by atoms with Gasteiger partial charge in [-0.3, -0.25) is 0 Å². The van der Waals surface area contributed by atoms with Gasteiger partial charge in [0.25, 0.3) is 0 Å². The van der Waals surface area contributed by atoms with Crippen LogP contribution in [0.1, 0.15) is 44.1 Å². The van der Waals surface area contributed by atoms with Gasteiger partial charge in [-0.05, 0) is 0 Å². The Labute approximate surface area is 132 Å². The van der Waals surface area contributed by atoms with Gasteiger partial charge in [0, 0.05) is 0 Å². The molecule has 0 amide bonds. The van der Waals surface area contributed by atoms with Gasteiger partial charge >= 0.3 is 128 Å². The first-order chi connectivity index (χ1) is 9.81. The van der Waals surface area contributed by atoms with E-state index in [-0.39, 0.29) is 5.82 Å². The number of halogens is 2. The fourth-order valence-electron chi connectivity index (χ4n) is 3.44. The average Bonchev–Trinajstić information content (AvgIpc) is 2.50. The molecule has 1 atom stereocenters. The number of rotatable bonds is 3. The molecule has 3 rings (SSSR count). The van der Waals surface area contributed by atoms with Gasteiger partial charge in [-0.2, -0.15) is 0 Å². The van der Waals surface area contributed by atoms with E-state index in [1.165, 1.54) is 49.7 Å². The third kappa shape index (κ3) is 3.84. The summed E-state index contributed by atoms with van der Waals surface area (Å²) in [6.45, 7) is 0. The first-order valence-corrected chi connectivity index (χ1v) is 10.8. The van der Waals surface area contributed by atoms with E-state index in [1.807, 2.05) is 12.1 Å². The molecule has 0 radical (unpaired) electrons. The zero-order valence-corrected chi connectivity index (χ0v) is 14.1. The standard InChI is InChI=1S/C18H23FI/c19-18-7-5-17(6-8-18)16-3-1-14(2-4-16)13-15-9-11-20-12-10-15/h3,5-8,14-15H,1-2,4,9-13H2/q-1. The van der Waals surface area contributed by atoms with Gasteiger partial charge in [0.1, 0.15) is 0 Å². The van der Waals surface area contributed by atoms with E-state index in [0.717, 1.165) is 11.8 Å². The van der Waals surface area contributed by atoms with Crippen molar-refractivity contribution in [3.63, 3.8) is 0 Å². The van der Waals surface area contributed by atoms with Crippen LogP contribution in [0.4, 0.5) is 4.39 Å². The van der Waals surface area contributed by atoms with Crippen molar-refractivity contribution in [3.8, 4) is 0 Å². The van der Waals surface area contributed by atoms with Crippen LogP contribution < -0.4 is 21.2 Å². The molecule has 1 saturated heterocycles. The summed E-state index contributed by atoms with van der Waals surface area (Å²) in [4.78, 5) is 0. The van der Waals surface area contributed by atoms with Crippen LogP contribution >= 0.6 is 0 Å². The van der Waals surface area contributed by atoms with Crippen molar-refractivity contribution in [3.05, 3.63) is 41.7 Å². The maximum absolute atomic E-state index is 13.0. The zero-order valence-electron chi connectivity index (χ0n) is 12.0. The average molecular weight is 385 g/mol. The molecule has 1 unspecified atom stereocenters. The van der Waals surface area contributed by atoms with Crippen molar-refractivity contribution in [1.82, 2.24) is 0 Å². The number of hydrogen-bond donors (Lipinski definition) is 0. The number of allylic oxidation sites excluding steroid dienone is 2. The SMILES string of the molecule is Fc1ccc(C2=CCC(CC3CC[I-]CC3)CC2)cc1. The summed E-state index contributed by atoms with van der Waals surface area (Å²) in [6.07, 6.45) is 10.6. The van der Waals surface area contributed by atoms with Crippen molar-refractivity contribution >= 4 is 5.57 Å². The summed E-state index contributed by atoms with van der Waals surface area (Å²) in [7, 11) is 0. The molecule has 1 aliphatic carbocycles. The van der Waals surface area contributed by atoms with Crippen LogP contribution in [-0.4, -0.2) is 8.86 Å². The van der Waals surface area contributed by atoms with Crippen molar-refractivity contribution < 1.29 is 25.6 Å². The fourth-order valence-corrected chi connectivity index (χ4v) is 6.62. The molecule has 0 aromatic heterocycles. The molecular weight excluding hydrogens is 362 g/mol. The first kappa shape index (κ1) is 14.6. The molecule has 1 heterocycles. The number of alkyl halides is 2. The monoisotopic (exact) mass is 385 g/mol. The molecular formula is C18H23FI-. The molecule has 1 fully saturated rings. The van der Waals surface area contributed by atoms with E-state index in [9.17, 15) is 4.39 Å². The Balaban J connectivity index is 1.55. The molecule has 0 nitrogen and oxygen atoms in total. The quantitative estimate of drug-likeness (QED) is 0.551. The van der Waals surface area contributed by atoms with Crippen molar-refractivity contribution in [2.45, 2.75) is 38.5 Å². The molecule has 1 aromatic rings. The molecule has 0 spiro atoms. The van der Waals surface area contributed by atoms with E-state index >= 15 is 0 Å². The van der Waals surface area contributed by atoms with E-state index in [0.29, 0.717) is 21.2 Å². The second kappa shape index (κ2) is 7.06. The van der Waals surface area contributed by atoms with E-state index < -0.39 is 0 Å². The Hall–Kier alpha value is -0.380. The van der Waals surface area contributed by atoms with Crippen molar-refractivity contribution in [2.24, 2.45) is 11.8 Å². The second-order valence-corrected chi connectivity index (χ2v) is 9.36. The van der Waals surface area contributed by atoms with E-state index in [1.54, 1.807) is 21.0 Å². The summed E-state index contributed by atoms with van der Waals surface area (Å²) in [6, 6.07) is 7.00. The molecule has 1 aliphatic heterocycles. The fraction of sp³-hybridized carbons (Fsp3) is 0.556. The summed E-state index contributed by atoms with van der Waals surface area (Å²) < 4.78 is 16.1. The van der Waals surface area contributed by atoms with Crippen LogP contribution in [0.5, 0.6) is 0 Å². The predicted octanol–water partition coefficient (Wildman–Crippen LogP) is 1.90. The van der Waals surface area contributed by atoms with Crippen LogP contribution in [0.3, 0.4) is 0 Å². The number of hydrogen-bond acceptors (Lipinski definition) is 0. The van der Waals surface area contributed by atoms with Gasteiger partial charge in [-0.25, -0.2) is 4.39 Å². The normalized spacial score (nSPS) is 24.9. The summed E-state index contributed by atoms with van der Waals surface area (Å²) >= 11 is 0.579. The summed E-state index contributed by atoms with van der Waals surface area (Å²) in [5.74, 6) is 1.79. The van der Waals surface area contributed by atoms with Gasteiger partial charge in [0.15, 0.2) is 0 Å². The zero-order chi connectivity index (χ0) is 13.8. The molecule has 0 bridgehead atoms. The third-order valence-electron chi connectivity index (χ3n) is 4.70. The number of benzene rings is 1. The summed E-state index contributed by atoms with van der Waals surface area (Å²) in [5.41, 5.74) is 2.64. The van der Waals surface area contributed by atoms with Crippen LogP contribution in [0.2, 0.25) is 0 Å². The minimum absolute atomic E-state index is 0.136. The van der Waals surface area contributed by atoms with Gasteiger partial charge in [-0.15, -0.1) is 0 Å². The Morgan fingerprint density at radius 3 is 2.40 bits per heavy atom. The minimum atomic E-state index is -0.136. The van der Waals surface area contributed by atoms with Crippen LogP contribution in [-0.2, 0) is 0 Å². The van der Waals surface area contributed by atoms with E-state index in [2.05, 4.69) is 6.08 Å². The first-order valence-electron chi connectivity index (χ1n) is 7.79. The predicted molar refractivity (Wildman–Crippen MR) is 78.8 cm³/mol. The molecule has 2 heteroatoms. The Morgan fingerprint density at radius 2 is 1.75 bits per heavy atom.